The van der Waals surface area contributed by atoms with Crippen molar-refractivity contribution in [3.8, 4) is 0 Å². The Morgan fingerprint density at radius 2 is 1.94 bits per heavy atom. The Kier molecular flexibility index (Phi) is 4.25. The second-order valence-electron chi connectivity index (χ2n) is 4.14. The number of rotatable bonds is 5. The molecule has 0 aliphatic heterocycles. The first-order valence-electron chi connectivity index (χ1n) is 5.56. The predicted molar refractivity (Wildman–Crippen MR) is 63.8 cm³/mol. The van der Waals surface area contributed by atoms with E-state index in [-0.39, 0.29) is 11.5 Å². The van der Waals surface area contributed by atoms with Gasteiger partial charge in [-0.05, 0) is 12.0 Å². The van der Waals surface area contributed by atoms with Crippen LogP contribution in [0.15, 0.2) is 23.1 Å². The number of aliphatic carboxylic acids is 1. The van der Waals surface area contributed by atoms with Gasteiger partial charge in [0.2, 0.25) is 0 Å². The summed E-state index contributed by atoms with van der Waals surface area (Å²) in [5, 5.41) is 18.0. The van der Waals surface area contributed by atoms with E-state index in [4.69, 9.17) is 5.11 Å². The van der Waals surface area contributed by atoms with E-state index in [0.29, 0.717) is 6.42 Å². The minimum absolute atomic E-state index is 0.107. The highest BCUT2D eigenvalue weighted by atomic mass is 16.4. The molecule has 0 bridgehead atoms. The maximum Gasteiger partial charge on any atom is 0.337 e. The van der Waals surface area contributed by atoms with Crippen molar-refractivity contribution < 1.29 is 19.8 Å². The highest BCUT2D eigenvalue weighted by Crippen LogP contribution is 2.20. The first-order chi connectivity index (χ1) is 8.38. The van der Waals surface area contributed by atoms with Crippen molar-refractivity contribution in [1.82, 2.24) is 4.57 Å². The molecule has 0 radical (unpaired) electrons. The van der Waals surface area contributed by atoms with Crippen LogP contribution >= 0.6 is 0 Å². The second-order valence-corrected chi connectivity index (χ2v) is 4.14. The van der Waals surface area contributed by atoms with Crippen LogP contribution in [0.4, 0.5) is 0 Å². The molecule has 0 amide bonds. The van der Waals surface area contributed by atoms with Crippen molar-refractivity contribution >= 4 is 11.9 Å². The molecule has 6 heteroatoms. The molecule has 2 atom stereocenters. The fourth-order valence-corrected chi connectivity index (χ4v) is 1.71. The number of nitrogens with zero attached hydrogens (tertiary/aromatic N) is 1. The molecule has 0 spiro atoms. The van der Waals surface area contributed by atoms with Gasteiger partial charge in [-0.2, -0.15) is 0 Å². The van der Waals surface area contributed by atoms with Crippen LogP contribution in [0.5, 0.6) is 0 Å². The predicted octanol–water partition coefficient (Wildman–Crippen LogP) is 1.22. The lowest BCUT2D eigenvalue weighted by Crippen LogP contribution is -2.33. The van der Waals surface area contributed by atoms with Crippen molar-refractivity contribution in [2.45, 2.75) is 26.3 Å². The minimum atomic E-state index is -1.20. The van der Waals surface area contributed by atoms with Crippen molar-refractivity contribution in [2.24, 2.45) is 5.92 Å². The van der Waals surface area contributed by atoms with E-state index >= 15 is 0 Å². The molecule has 1 rings (SSSR count). The molecule has 98 valence electrons. The zero-order valence-electron chi connectivity index (χ0n) is 10.2. The van der Waals surface area contributed by atoms with Gasteiger partial charge in [0.1, 0.15) is 6.04 Å². The Hall–Kier alpha value is -2.11. The number of carboxylic acid groups (broad SMARTS) is 2. The number of carboxylic acids is 2. The first kappa shape index (κ1) is 14.0. The highest BCUT2D eigenvalue weighted by molar-refractivity contribution is 5.87. The van der Waals surface area contributed by atoms with E-state index in [2.05, 4.69) is 0 Å². The normalized spacial score (nSPS) is 13.9. The molecule has 0 fully saturated rings. The van der Waals surface area contributed by atoms with Crippen LogP contribution < -0.4 is 5.56 Å². The lowest BCUT2D eigenvalue weighted by molar-refractivity contribution is -0.142. The van der Waals surface area contributed by atoms with Gasteiger partial charge in [-0.15, -0.1) is 0 Å². The second kappa shape index (κ2) is 5.48. The summed E-state index contributed by atoms with van der Waals surface area (Å²) < 4.78 is 0.972. The lowest BCUT2D eigenvalue weighted by Gasteiger charge is -2.21. The number of aromatic nitrogens is 1. The molecule has 1 aromatic heterocycles. The summed E-state index contributed by atoms with van der Waals surface area (Å²) in [5.74, 6) is -2.62. The third kappa shape index (κ3) is 2.77. The van der Waals surface area contributed by atoms with Crippen LogP contribution in [-0.4, -0.2) is 26.7 Å². The number of aromatic carboxylic acids is 1. The molecular weight excluding hydrogens is 238 g/mol. The average molecular weight is 253 g/mol. The SMILES string of the molecule is CC[C@H](C)[C@@H](C(=O)O)n1cc(C(=O)O)ccc1=O. The molecule has 0 saturated carbocycles. The van der Waals surface area contributed by atoms with Crippen molar-refractivity contribution in [2.75, 3.05) is 0 Å². The van der Waals surface area contributed by atoms with Gasteiger partial charge in [0, 0.05) is 12.3 Å². The first-order valence-corrected chi connectivity index (χ1v) is 5.56. The van der Waals surface area contributed by atoms with E-state index in [1.165, 1.54) is 0 Å². The van der Waals surface area contributed by atoms with E-state index in [9.17, 15) is 19.5 Å². The van der Waals surface area contributed by atoms with Crippen LogP contribution in [0, 0.1) is 5.92 Å². The van der Waals surface area contributed by atoms with Gasteiger partial charge in [-0.1, -0.05) is 20.3 Å². The van der Waals surface area contributed by atoms with E-state index in [1.54, 1.807) is 6.92 Å². The summed E-state index contributed by atoms with van der Waals surface area (Å²) >= 11 is 0. The molecule has 0 aliphatic carbocycles. The van der Waals surface area contributed by atoms with Gasteiger partial charge < -0.3 is 14.8 Å². The van der Waals surface area contributed by atoms with Crippen LogP contribution in [-0.2, 0) is 4.79 Å². The van der Waals surface area contributed by atoms with Gasteiger partial charge in [-0.3, -0.25) is 4.79 Å². The summed E-state index contributed by atoms with van der Waals surface area (Å²) in [6.45, 7) is 3.52. The lowest BCUT2D eigenvalue weighted by atomic mass is 9.99. The van der Waals surface area contributed by atoms with Gasteiger partial charge >= 0.3 is 11.9 Å². The molecule has 1 aromatic rings. The summed E-state index contributed by atoms with van der Waals surface area (Å²) in [6, 6.07) is 1.18. The average Bonchev–Trinajstić information content (AvgIpc) is 2.30. The molecule has 6 nitrogen and oxygen atoms in total. The summed E-state index contributed by atoms with van der Waals surface area (Å²) in [4.78, 5) is 33.7. The van der Waals surface area contributed by atoms with Crippen molar-refractivity contribution in [1.29, 1.82) is 0 Å². The minimum Gasteiger partial charge on any atom is -0.480 e. The molecule has 0 aliphatic rings. The molecule has 18 heavy (non-hydrogen) atoms. The van der Waals surface area contributed by atoms with Crippen molar-refractivity contribution in [3.05, 3.63) is 34.2 Å². The van der Waals surface area contributed by atoms with Crippen LogP contribution in [0.2, 0.25) is 0 Å². The molecule has 0 saturated heterocycles. The zero-order valence-corrected chi connectivity index (χ0v) is 10.2. The highest BCUT2D eigenvalue weighted by Gasteiger charge is 2.26. The molecule has 2 N–H and O–H groups in total. The fourth-order valence-electron chi connectivity index (χ4n) is 1.71. The maximum absolute atomic E-state index is 11.7. The Bertz CT molecular complexity index is 519. The van der Waals surface area contributed by atoms with E-state index in [1.807, 2.05) is 6.92 Å². The Labute approximate surface area is 103 Å². The topological polar surface area (TPSA) is 96.6 Å². The smallest absolute Gasteiger partial charge is 0.337 e. The van der Waals surface area contributed by atoms with Crippen LogP contribution in [0.3, 0.4) is 0 Å². The summed E-state index contributed by atoms with van der Waals surface area (Å²) in [6.07, 6.45) is 1.65. The van der Waals surface area contributed by atoms with E-state index in [0.717, 1.165) is 22.9 Å². The summed E-state index contributed by atoms with van der Waals surface area (Å²) in [7, 11) is 0. The van der Waals surface area contributed by atoms with E-state index < -0.39 is 23.5 Å². The summed E-state index contributed by atoms with van der Waals surface area (Å²) in [5.41, 5.74) is -0.628. The van der Waals surface area contributed by atoms with Crippen LogP contribution in [0.25, 0.3) is 0 Å². The van der Waals surface area contributed by atoms with Gasteiger partial charge in [0.05, 0.1) is 5.56 Å². The monoisotopic (exact) mass is 253 g/mol. The Morgan fingerprint density at radius 3 is 2.39 bits per heavy atom. The Morgan fingerprint density at radius 1 is 1.33 bits per heavy atom. The molecule has 0 unspecified atom stereocenters. The molecular formula is C12H15NO5. The molecule has 0 aromatic carbocycles. The van der Waals surface area contributed by atoms with Gasteiger partial charge in [0.25, 0.3) is 5.56 Å². The number of carbonyl (C=O) groups is 2. The zero-order chi connectivity index (χ0) is 13.9. The Balaban J connectivity index is 3.35. The maximum atomic E-state index is 11.7. The quantitative estimate of drug-likeness (QED) is 0.822. The number of hydrogen-bond acceptors (Lipinski definition) is 3. The van der Waals surface area contributed by atoms with Crippen molar-refractivity contribution in [3.63, 3.8) is 0 Å². The van der Waals surface area contributed by atoms with Gasteiger partial charge in [-0.25, -0.2) is 9.59 Å². The number of pyridine rings is 1. The third-order valence-corrected chi connectivity index (χ3v) is 2.92. The standard InChI is InChI=1S/C12H15NO5/c1-3-7(2)10(12(17)18)13-6-8(11(15)16)4-5-9(13)14/h4-7,10H,3H2,1-2H3,(H,15,16)(H,17,18)/t7-,10-/m0/s1. The third-order valence-electron chi connectivity index (χ3n) is 2.92. The molecule has 1 heterocycles. The van der Waals surface area contributed by atoms with Gasteiger partial charge in [0.15, 0.2) is 0 Å². The fraction of sp³-hybridized carbons (Fsp3) is 0.417. The van der Waals surface area contributed by atoms with Crippen LogP contribution in [0.1, 0.15) is 36.7 Å². The largest absolute Gasteiger partial charge is 0.480 e. The number of hydrogen-bond donors (Lipinski definition) is 2.